The molecule has 1 atom stereocenters. The average Bonchev–Trinajstić information content (AvgIpc) is 2.57. The molecule has 0 N–H and O–H groups in total. The minimum atomic E-state index is 0.506. The smallest absolute Gasteiger partial charge is 0.0316 e. The van der Waals surface area contributed by atoms with Crippen LogP contribution in [0, 0.1) is 0 Å². The Morgan fingerprint density at radius 2 is 1.52 bits per heavy atom. The van der Waals surface area contributed by atoms with Gasteiger partial charge in [0, 0.05) is 10.1 Å². The summed E-state index contributed by atoms with van der Waals surface area (Å²) < 4.78 is 0. The van der Waals surface area contributed by atoms with E-state index in [1.165, 1.54) is 42.6 Å². The molecule has 0 radical (unpaired) electrons. The standard InChI is InChI=1S/C20H24S/c1-16(17-8-4-2-5-9-17)21-20-14-12-19(13-15-20)18-10-6-3-7-11-18/h2,4-5,8-9,12-16,18H,3,6-7,10-11H2,1H3. The van der Waals surface area contributed by atoms with Gasteiger partial charge in [-0.15, -0.1) is 11.8 Å². The number of thioether (sulfide) groups is 1. The van der Waals surface area contributed by atoms with Crippen molar-refractivity contribution in [2.75, 3.05) is 0 Å². The maximum atomic E-state index is 2.36. The van der Waals surface area contributed by atoms with Gasteiger partial charge in [0.1, 0.15) is 0 Å². The lowest BCUT2D eigenvalue weighted by Crippen LogP contribution is -2.04. The van der Waals surface area contributed by atoms with Crippen molar-refractivity contribution in [3.63, 3.8) is 0 Å². The summed E-state index contributed by atoms with van der Waals surface area (Å²) in [6.45, 7) is 2.29. The van der Waals surface area contributed by atoms with E-state index in [-0.39, 0.29) is 0 Å². The van der Waals surface area contributed by atoms with Gasteiger partial charge in [-0.25, -0.2) is 0 Å². The Bertz CT molecular complexity index is 538. The lowest BCUT2D eigenvalue weighted by atomic mass is 9.84. The summed E-state index contributed by atoms with van der Waals surface area (Å²) in [6, 6.07) is 20.1. The fourth-order valence-corrected chi connectivity index (χ4v) is 4.25. The number of hydrogen-bond donors (Lipinski definition) is 0. The molecule has 1 heteroatoms. The fraction of sp³-hybridized carbons (Fsp3) is 0.400. The molecule has 110 valence electrons. The first kappa shape index (κ1) is 14.7. The summed E-state index contributed by atoms with van der Waals surface area (Å²) in [5.74, 6) is 0.810. The molecular weight excluding hydrogens is 272 g/mol. The third-order valence-electron chi connectivity index (χ3n) is 4.54. The second kappa shape index (κ2) is 7.17. The largest absolute Gasteiger partial charge is 0.118 e. The van der Waals surface area contributed by atoms with Gasteiger partial charge in [0.15, 0.2) is 0 Å². The maximum absolute atomic E-state index is 2.36. The van der Waals surface area contributed by atoms with Crippen LogP contribution in [0.5, 0.6) is 0 Å². The zero-order valence-electron chi connectivity index (χ0n) is 12.8. The molecule has 0 spiro atoms. The summed E-state index contributed by atoms with van der Waals surface area (Å²) in [6.07, 6.45) is 7.01. The van der Waals surface area contributed by atoms with E-state index in [0.717, 1.165) is 5.92 Å². The minimum absolute atomic E-state index is 0.506. The van der Waals surface area contributed by atoms with Crippen LogP contribution in [0.1, 0.15) is 61.3 Å². The van der Waals surface area contributed by atoms with Crippen LogP contribution in [-0.4, -0.2) is 0 Å². The van der Waals surface area contributed by atoms with Crippen LogP contribution < -0.4 is 0 Å². The van der Waals surface area contributed by atoms with Gasteiger partial charge in [-0.2, -0.15) is 0 Å². The molecule has 0 bridgehead atoms. The first-order valence-electron chi connectivity index (χ1n) is 8.14. The molecule has 0 heterocycles. The van der Waals surface area contributed by atoms with Crippen LogP contribution in [0.3, 0.4) is 0 Å². The summed E-state index contributed by atoms with van der Waals surface area (Å²) in [4.78, 5) is 1.38. The van der Waals surface area contributed by atoms with Crippen molar-refractivity contribution in [3.8, 4) is 0 Å². The van der Waals surface area contributed by atoms with E-state index < -0.39 is 0 Å². The molecule has 0 nitrogen and oxygen atoms in total. The second-order valence-electron chi connectivity index (χ2n) is 6.07. The van der Waals surface area contributed by atoms with E-state index in [4.69, 9.17) is 0 Å². The molecule has 1 aliphatic rings. The summed E-state index contributed by atoms with van der Waals surface area (Å²) in [7, 11) is 0. The van der Waals surface area contributed by atoms with Gasteiger partial charge in [0.05, 0.1) is 0 Å². The van der Waals surface area contributed by atoms with Crippen molar-refractivity contribution < 1.29 is 0 Å². The molecule has 1 fully saturated rings. The monoisotopic (exact) mass is 296 g/mol. The van der Waals surface area contributed by atoms with Gasteiger partial charge >= 0.3 is 0 Å². The van der Waals surface area contributed by atoms with E-state index in [0.29, 0.717) is 5.25 Å². The molecule has 2 aromatic carbocycles. The van der Waals surface area contributed by atoms with E-state index in [9.17, 15) is 0 Å². The highest BCUT2D eigenvalue weighted by Crippen LogP contribution is 2.37. The molecule has 2 aromatic rings. The third-order valence-corrected chi connectivity index (χ3v) is 5.71. The number of benzene rings is 2. The molecule has 1 unspecified atom stereocenters. The highest BCUT2D eigenvalue weighted by molar-refractivity contribution is 7.99. The Balaban J connectivity index is 1.64. The van der Waals surface area contributed by atoms with Crippen molar-refractivity contribution in [2.45, 2.75) is 55.1 Å². The maximum Gasteiger partial charge on any atom is 0.0316 e. The van der Waals surface area contributed by atoms with Gasteiger partial charge in [-0.1, -0.05) is 61.7 Å². The van der Waals surface area contributed by atoms with E-state index in [1.54, 1.807) is 5.56 Å². The third kappa shape index (κ3) is 3.91. The Labute approximate surface area is 133 Å². The molecule has 0 aromatic heterocycles. The normalized spacial score (nSPS) is 17.6. The van der Waals surface area contributed by atoms with Gasteiger partial charge < -0.3 is 0 Å². The van der Waals surface area contributed by atoms with E-state index in [2.05, 4.69) is 61.5 Å². The van der Waals surface area contributed by atoms with Crippen molar-refractivity contribution in [2.24, 2.45) is 0 Å². The molecule has 0 amide bonds. The molecule has 3 rings (SSSR count). The molecule has 1 aliphatic carbocycles. The Kier molecular flexibility index (Phi) is 5.03. The SMILES string of the molecule is CC(Sc1ccc(C2CCCCC2)cc1)c1ccccc1. The zero-order valence-corrected chi connectivity index (χ0v) is 13.6. The number of hydrogen-bond acceptors (Lipinski definition) is 1. The van der Waals surface area contributed by atoms with E-state index >= 15 is 0 Å². The van der Waals surface area contributed by atoms with Crippen LogP contribution in [0.4, 0.5) is 0 Å². The Morgan fingerprint density at radius 3 is 2.19 bits per heavy atom. The highest BCUT2D eigenvalue weighted by atomic mass is 32.2. The predicted octanol–water partition coefficient (Wildman–Crippen LogP) is 6.59. The first-order chi connectivity index (χ1) is 10.3. The predicted molar refractivity (Wildman–Crippen MR) is 93.0 cm³/mol. The molecule has 0 aliphatic heterocycles. The van der Waals surface area contributed by atoms with Gasteiger partial charge in [-0.3, -0.25) is 0 Å². The molecular formula is C20H24S. The zero-order chi connectivity index (χ0) is 14.5. The summed E-state index contributed by atoms with van der Waals surface area (Å²) in [5, 5.41) is 0.506. The summed E-state index contributed by atoms with van der Waals surface area (Å²) in [5.41, 5.74) is 2.95. The van der Waals surface area contributed by atoms with Crippen molar-refractivity contribution >= 4 is 11.8 Å². The van der Waals surface area contributed by atoms with Gasteiger partial charge in [-0.05, 0) is 48.9 Å². The average molecular weight is 296 g/mol. The van der Waals surface area contributed by atoms with E-state index in [1.807, 2.05) is 11.8 Å². The van der Waals surface area contributed by atoms with Crippen LogP contribution >= 0.6 is 11.8 Å². The minimum Gasteiger partial charge on any atom is -0.118 e. The molecule has 1 saturated carbocycles. The van der Waals surface area contributed by atoms with Crippen molar-refractivity contribution in [1.82, 2.24) is 0 Å². The topological polar surface area (TPSA) is 0 Å². The highest BCUT2D eigenvalue weighted by Gasteiger charge is 2.15. The van der Waals surface area contributed by atoms with Crippen LogP contribution in [0.15, 0.2) is 59.5 Å². The van der Waals surface area contributed by atoms with Crippen LogP contribution in [0.25, 0.3) is 0 Å². The Morgan fingerprint density at radius 1 is 0.857 bits per heavy atom. The van der Waals surface area contributed by atoms with Crippen LogP contribution in [0.2, 0.25) is 0 Å². The molecule has 0 saturated heterocycles. The fourth-order valence-electron chi connectivity index (χ4n) is 3.25. The second-order valence-corrected chi connectivity index (χ2v) is 7.49. The lowest BCUT2D eigenvalue weighted by molar-refractivity contribution is 0.443. The van der Waals surface area contributed by atoms with Gasteiger partial charge in [0.25, 0.3) is 0 Å². The van der Waals surface area contributed by atoms with Crippen LogP contribution in [-0.2, 0) is 0 Å². The summed E-state index contributed by atoms with van der Waals surface area (Å²) >= 11 is 1.95. The Hall–Kier alpha value is -1.21. The quantitative estimate of drug-likeness (QED) is 0.574. The van der Waals surface area contributed by atoms with Gasteiger partial charge in [0.2, 0.25) is 0 Å². The first-order valence-corrected chi connectivity index (χ1v) is 9.02. The lowest BCUT2D eigenvalue weighted by Gasteiger charge is -2.22. The van der Waals surface area contributed by atoms with Crippen molar-refractivity contribution in [3.05, 3.63) is 65.7 Å². The molecule has 21 heavy (non-hydrogen) atoms. The number of rotatable bonds is 4. The van der Waals surface area contributed by atoms with Crippen molar-refractivity contribution in [1.29, 1.82) is 0 Å².